The van der Waals surface area contributed by atoms with E-state index >= 15 is 0 Å². The van der Waals surface area contributed by atoms with E-state index in [0.717, 1.165) is 0 Å². The van der Waals surface area contributed by atoms with Crippen LogP contribution in [0, 0.1) is 5.92 Å². The van der Waals surface area contributed by atoms with Crippen molar-refractivity contribution < 1.29 is 0 Å². The Bertz CT molecular complexity index is 301. The quantitative estimate of drug-likeness (QED) is 0.435. The van der Waals surface area contributed by atoms with Gasteiger partial charge in [0, 0.05) is 5.92 Å². The molecule has 0 aliphatic rings. The first-order valence-electron chi connectivity index (χ1n) is 8.61. The van der Waals surface area contributed by atoms with Gasteiger partial charge in [-0.3, -0.25) is 0 Å². The Morgan fingerprint density at radius 1 is 0.682 bits per heavy atom. The van der Waals surface area contributed by atoms with Gasteiger partial charge in [-0.25, -0.2) is 0 Å². The fourth-order valence-electron chi connectivity index (χ4n) is 1.54. The Morgan fingerprint density at radius 3 is 1.14 bits per heavy atom. The molecule has 0 nitrogen and oxygen atoms in total. The molecule has 0 aliphatic carbocycles. The van der Waals surface area contributed by atoms with Gasteiger partial charge in [0.1, 0.15) is 0 Å². The van der Waals surface area contributed by atoms with Crippen LogP contribution < -0.4 is 0 Å². The van der Waals surface area contributed by atoms with Crippen molar-refractivity contribution in [1.82, 2.24) is 0 Å². The van der Waals surface area contributed by atoms with Crippen LogP contribution in [-0.2, 0) is 0 Å². The topological polar surface area (TPSA) is 0 Å². The van der Waals surface area contributed by atoms with Crippen LogP contribution in [0.15, 0.2) is 72.9 Å². The molecule has 0 rings (SSSR count). The van der Waals surface area contributed by atoms with E-state index < -0.39 is 0 Å². The predicted molar refractivity (Wildman–Crippen MR) is 109 cm³/mol. The highest BCUT2D eigenvalue weighted by Crippen LogP contribution is 2.22. The molecule has 0 aliphatic heterocycles. The third-order valence-corrected chi connectivity index (χ3v) is 2.34. The summed E-state index contributed by atoms with van der Waals surface area (Å²) in [6.45, 7) is 25.7. The van der Waals surface area contributed by atoms with E-state index in [9.17, 15) is 0 Å². The van der Waals surface area contributed by atoms with Gasteiger partial charge in [0.15, 0.2) is 0 Å². The summed E-state index contributed by atoms with van der Waals surface area (Å²) in [5.74, 6) is 0.350. The first-order valence-corrected chi connectivity index (χ1v) is 8.61. The van der Waals surface area contributed by atoms with Gasteiger partial charge in [-0.05, 0) is 25.0 Å². The normalized spacial score (nSPS) is 12.2. The van der Waals surface area contributed by atoms with Gasteiger partial charge in [0.2, 0.25) is 0 Å². The number of hydrogen-bond donors (Lipinski definition) is 0. The van der Waals surface area contributed by atoms with Crippen LogP contribution in [0.5, 0.6) is 0 Å². The molecule has 0 radical (unpaired) electrons. The van der Waals surface area contributed by atoms with E-state index in [-0.39, 0.29) is 0 Å². The second kappa shape index (κ2) is 27.7. The second-order valence-corrected chi connectivity index (χ2v) is 3.53. The first-order chi connectivity index (χ1) is 10.7. The molecule has 0 unspecified atom stereocenters. The van der Waals surface area contributed by atoms with Crippen LogP contribution in [-0.4, -0.2) is 0 Å². The van der Waals surface area contributed by atoms with Crippen molar-refractivity contribution >= 4 is 0 Å². The van der Waals surface area contributed by atoms with Crippen LogP contribution in [0.2, 0.25) is 0 Å². The third kappa shape index (κ3) is 16.5. The Labute approximate surface area is 141 Å². The van der Waals surface area contributed by atoms with E-state index in [1.807, 2.05) is 91.8 Å². The van der Waals surface area contributed by atoms with E-state index in [0.29, 0.717) is 5.92 Å². The molecule has 128 valence electrons. The molecule has 0 heteroatoms. The average molecular weight is 305 g/mol. The van der Waals surface area contributed by atoms with Crippen molar-refractivity contribution in [3.05, 3.63) is 72.9 Å². The van der Waals surface area contributed by atoms with Crippen LogP contribution in [0.4, 0.5) is 0 Å². The van der Waals surface area contributed by atoms with E-state index in [1.165, 1.54) is 11.1 Å². The molecular weight excluding hydrogens is 264 g/mol. The summed E-state index contributed by atoms with van der Waals surface area (Å²) in [6.07, 6.45) is 16.1. The van der Waals surface area contributed by atoms with Crippen molar-refractivity contribution in [2.75, 3.05) is 0 Å². The Balaban J connectivity index is -0.000000238. The smallest absolute Gasteiger partial charge is 0.00607 e. The molecule has 0 bridgehead atoms. The van der Waals surface area contributed by atoms with Crippen LogP contribution in [0.25, 0.3) is 0 Å². The standard InChI is InChI=1S/C16H22.3C2H6/c1-6-10-15(11-7-2)14(5)16(12-8-3)13-9-4;3*1-2/h6-14H,1,3H2,2,4-5H3;3*1-2H3/b11-7-,13-9-,15-10+,16-12+;;;. The molecule has 0 aromatic carbocycles. The van der Waals surface area contributed by atoms with E-state index in [1.54, 1.807) is 0 Å². The molecule has 0 amide bonds. The van der Waals surface area contributed by atoms with Gasteiger partial charge in [-0.1, -0.05) is 110 Å². The lowest BCUT2D eigenvalue weighted by Crippen LogP contribution is -2.00. The Morgan fingerprint density at radius 2 is 0.955 bits per heavy atom. The van der Waals surface area contributed by atoms with E-state index in [4.69, 9.17) is 0 Å². The molecule has 0 saturated heterocycles. The summed E-state index contributed by atoms with van der Waals surface area (Å²) in [6, 6.07) is 0. The van der Waals surface area contributed by atoms with Gasteiger partial charge < -0.3 is 0 Å². The van der Waals surface area contributed by atoms with Crippen molar-refractivity contribution in [1.29, 1.82) is 0 Å². The predicted octanol–water partition coefficient (Wildman–Crippen LogP) is 8.08. The van der Waals surface area contributed by atoms with Gasteiger partial charge in [-0.15, -0.1) is 0 Å². The van der Waals surface area contributed by atoms with Crippen molar-refractivity contribution in [3.8, 4) is 0 Å². The minimum absolute atomic E-state index is 0.350. The molecular formula is C22H40. The zero-order valence-electron chi connectivity index (χ0n) is 16.6. The van der Waals surface area contributed by atoms with Crippen LogP contribution in [0.1, 0.15) is 62.3 Å². The minimum atomic E-state index is 0.350. The zero-order valence-corrected chi connectivity index (χ0v) is 16.6. The number of rotatable bonds is 6. The summed E-state index contributed by atoms with van der Waals surface area (Å²) in [5, 5.41) is 0. The molecule has 0 aromatic heterocycles. The Hall–Kier alpha value is -1.56. The maximum absolute atomic E-state index is 3.75. The maximum Gasteiger partial charge on any atom is 0.00607 e. The summed E-state index contributed by atoms with van der Waals surface area (Å²) in [5.41, 5.74) is 2.51. The second-order valence-electron chi connectivity index (χ2n) is 3.53. The molecule has 0 N–H and O–H groups in total. The SMILES string of the molecule is C=C/C=C(\C=C/C)C(C)C(/C=C\C)=C/C=C.CC.CC.CC. The van der Waals surface area contributed by atoms with Gasteiger partial charge >= 0.3 is 0 Å². The summed E-state index contributed by atoms with van der Waals surface area (Å²) in [4.78, 5) is 0. The fraction of sp³-hybridized carbons (Fsp3) is 0.455. The number of hydrogen-bond acceptors (Lipinski definition) is 0. The summed E-state index contributed by atoms with van der Waals surface area (Å²) in [7, 11) is 0. The highest BCUT2D eigenvalue weighted by Gasteiger charge is 2.08. The van der Waals surface area contributed by atoms with Crippen LogP contribution in [0.3, 0.4) is 0 Å². The lowest BCUT2D eigenvalue weighted by molar-refractivity contribution is 0.847. The minimum Gasteiger partial charge on any atom is -0.0991 e. The molecule has 0 saturated carbocycles. The third-order valence-electron chi connectivity index (χ3n) is 2.34. The van der Waals surface area contributed by atoms with Crippen molar-refractivity contribution in [3.63, 3.8) is 0 Å². The summed E-state index contributed by atoms with van der Waals surface area (Å²) < 4.78 is 0. The largest absolute Gasteiger partial charge is 0.0991 e. The molecule has 0 heterocycles. The highest BCUT2D eigenvalue weighted by molar-refractivity contribution is 5.37. The van der Waals surface area contributed by atoms with Gasteiger partial charge in [0.05, 0.1) is 0 Å². The molecule has 22 heavy (non-hydrogen) atoms. The lowest BCUT2D eigenvalue weighted by Gasteiger charge is -2.14. The number of allylic oxidation sites excluding steroid dienone is 10. The Kier molecular flexibility index (Phi) is 36.0. The van der Waals surface area contributed by atoms with Gasteiger partial charge in [0.25, 0.3) is 0 Å². The lowest BCUT2D eigenvalue weighted by atomic mass is 9.91. The maximum atomic E-state index is 3.75. The van der Waals surface area contributed by atoms with E-state index in [2.05, 4.69) is 32.2 Å². The molecule has 0 aromatic rings. The van der Waals surface area contributed by atoms with Crippen molar-refractivity contribution in [2.45, 2.75) is 62.3 Å². The molecule has 0 fully saturated rings. The van der Waals surface area contributed by atoms with Crippen molar-refractivity contribution in [2.24, 2.45) is 5.92 Å². The highest BCUT2D eigenvalue weighted by atomic mass is 14.1. The first kappa shape index (κ1) is 28.6. The fourth-order valence-corrected chi connectivity index (χ4v) is 1.54. The molecule has 0 spiro atoms. The monoisotopic (exact) mass is 304 g/mol. The average Bonchev–Trinajstić information content (AvgIpc) is 2.59. The van der Waals surface area contributed by atoms with Gasteiger partial charge in [-0.2, -0.15) is 0 Å². The summed E-state index contributed by atoms with van der Waals surface area (Å²) >= 11 is 0. The van der Waals surface area contributed by atoms with Crippen LogP contribution >= 0.6 is 0 Å². The zero-order chi connectivity index (χ0) is 18.4. The molecule has 0 atom stereocenters.